The Morgan fingerprint density at radius 1 is 1.24 bits per heavy atom. The van der Waals surface area contributed by atoms with Crippen molar-refractivity contribution in [3.05, 3.63) is 56.7 Å². The first-order chi connectivity index (χ1) is 9.97. The van der Waals surface area contributed by atoms with E-state index < -0.39 is 0 Å². The maximum absolute atomic E-state index is 11.1. The van der Waals surface area contributed by atoms with Crippen molar-refractivity contribution in [3.8, 4) is 11.8 Å². The number of rotatable bonds is 2. The van der Waals surface area contributed by atoms with Gasteiger partial charge < -0.3 is 0 Å². The predicted octanol–water partition coefficient (Wildman–Crippen LogP) is 4.10. The molecule has 0 aliphatic carbocycles. The second-order valence-electron chi connectivity index (χ2n) is 4.52. The van der Waals surface area contributed by atoms with Gasteiger partial charge in [-0.2, -0.15) is 0 Å². The van der Waals surface area contributed by atoms with Crippen molar-refractivity contribution >= 4 is 28.8 Å². The smallest absolute Gasteiger partial charge is 0.243 e. The molecule has 5 heteroatoms. The second-order valence-corrected chi connectivity index (χ2v) is 6.23. The van der Waals surface area contributed by atoms with Crippen LogP contribution in [0.15, 0.2) is 36.4 Å². The standard InChI is InChI=1S/C16H14ClNO2S/c1-11(18(20)12(2)19)14-6-3-13(4-7-14)5-8-15-9-10-16(17)21-15/h3-4,6-7,9-11,20H,1-2H3. The number of hydrogen-bond donors (Lipinski definition) is 1. The molecule has 108 valence electrons. The second kappa shape index (κ2) is 6.77. The Balaban J connectivity index is 2.12. The molecule has 2 rings (SSSR count). The van der Waals surface area contributed by atoms with Gasteiger partial charge in [-0.15, -0.1) is 11.3 Å². The fourth-order valence-corrected chi connectivity index (χ4v) is 2.67. The highest BCUT2D eigenvalue weighted by molar-refractivity contribution is 7.16. The maximum atomic E-state index is 11.1. The van der Waals surface area contributed by atoms with E-state index in [1.807, 2.05) is 36.4 Å². The highest BCUT2D eigenvalue weighted by atomic mass is 35.5. The van der Waals surface area contributed by atoms with Crippen LogP contribution in [0.5, 0.6) is 0 Å². The third-order valence-corrected chi connectivity index (χ3v) is 4.13. The van der Waals surface area contributed by atoms with Gasteiger partial charge in [0, 0.05) is 12.5 Å². The van der Waals surface area contributed by atoms with E-state index in [0.29, 0.717) is 5.06 Å². The van der Waals surface area contributed by atoms with Gasteiger partial charge in [0.2, 0.25) is 5.91 Å². The van der Waals surface area contributed by atoms with Crippen LogP contribution in [-0.2, 0) is 4.79 Å². The number of hydroxylamine groups is 2. The SMILES string of the molecule is CC(=O)N(O)C(C)c1ccc(C#Cc2ccc(Cl)s2)cc1. The van der Waals surface area contributed by atoms with Crippen molar-refractivity contribution in [2.45, 2.75) is 19.9 Å². The van der Waals surface area contributed by atoms with Gasteiger partial charge in [-0.25, -0.2) is 5.06 Å². The van der Waals surface area contributed by atoms with E-state index in [1.54, 1.807) is 6.92 Å². The third-order valence-electron chi connectivity index (χ3n) is 2.99. The van der Waals surface area contributed by atoms with E-state index >= 15 is 0 Å². The highest BCUT2D eigenvalue weighted by Gasteiger charge is 2.15. The van der Waals surface area contributed by atoms with Crippen molar-refractivity contribution in [2.75, 3.05) is 0 Å². The molecule has 0 aliphatic heterocycles. The van der Waals surface area contributed by atoms with Crippen LogP contribution in [0.25, 0.3) is 0 Å². The molecule has 0 saturated heterocycles. The predicted molar refractivity (Wildman–Crippen MR) is 84.5 cm³/mol. The van der Waals surface area contributed by atoms with E-state index in [4.69, 9.17) is 11.6 Å². The number of hydrogen-bond acceptors (Lipinski definition) is 3. The Morgan fingerprint density at radius 3 is 2.43 bits per heavy atom. The highest BCUT2D eigenvalue weighted by Crippen LogP contribution is 2.21. The summed E-state index contributed by atoms with van der Waals surface area (Å²) in [6, 6.07) is 10.7. The van der Waals surface area contributed by atoms with Gasteiger partial charge in [-0.3, -0.25) is 10.0 Å². The number of nitrogens with zero attached hydrogens (tertiary/aromatic N) is 1. The lowest BCUT2D eigenvalue weighted by Crippen LogP contribution is -2.27. The van der Waals surface area contributed by atoms with Crippen molar-refractivity contribution in [3.63, 3.8) is 0 Å². The van der Waals surface area contributed by atoms with Gasteiger partial charge in [0.25, 0.3) is 0 Å². The Kier molecular flexibility index (Phi) is 5.03. The molecular weight excluding hydrogens is 306 g/mol. The molecule has 21 heavy (non-hydrogen) atoms. The quantitative estimate of drug-likeness (QED) is 0.514. The van der Waals surface area contributed by atoms with Crippen LogP contribution in [0, 0.1) is 11.8 Å². The third kappa shape index (κ3) is 4.08. The van der Waals surface area contributed by atoms with Crippen LogP contribution >= 0.6 is 22.9 Å². The Labute approximate surface area is 132 Å². The minimum Gasteiger partial charge on any atom is -0.285 e. The van der Waals surface area contributed by atoms with Crippen LogP contribution in [0.1, 0.15) is 35.9 Å². The monoisotopic (exact) mass is 319 g/mol. The molecule has 0 aliphatic rings. The normalized spacial score (nSPS) is 11.4. The largest absolute Gasteiger partial charge is 0.285 e. The maximum Gasteiger partial charge on any atom is 0.243 e. The summed E-state index contributed by atoms with van der Waals surface area (Å²) in [5.74, 6) is 5.70. The first-order valence-electron chi connectivity index (χ1n) is 6.33. The van der Waals surface area contributed by atoms with Gasteiger partial charge in [0.05, 0.1) is 15.3 Å². The van der Waals surface area contributed by atoms with Gasteiger partial charge in [0.1, 0.15) is 0 Å². The van der Waals surface area contributed by atoms with Crippen LogP contribution < -0.4 is 0 Å². The molecular formula is C16H14ClNO2S. The summed E-state index contributed by atoms with van der Waals surface area (Å²) in [6.45, 7) is 3.08. The van der Waals surface area contributed by atoms with Crippen LogP contribution in [-0.4, -0.2) is 16.2 Å². The summed E-state index contributed by atoms with van der Waals surface area (Å²) in [4.78, 5) is 12.0. The Morgan fingerprint density at radius 2 is 1.90 bits per heavy atom. The van der Waals surface area contributed by atoms with Gasteiger partial charge in [-0.1, -0.05) is 35.6 Å². The molecule has 0 fully saturated rings. The summed E-state index contributed by atoms with van der Waals surface area (Å²) in [6.07, 6.45) is 0. The Hall–Kier alpha value is -1.80. The molecule has 1 N–H and O–H groups in total. The lowest BCUT2D eigenvalue weighted by Gasteiger charge is -2.21. The minimum atomic E-state index is -0.388. The average molecular weight is 320 g/mol. The molecule has 0 spiro atoms. The number of carbonyl (C=O) groups excluding carboxylic acids is 1. The topological polar surface area (TPSA) is 40.5 Å². The minimum absolute atomic E-state index is 0.388. The lowest BCUT2D eigenvalue weighted by atomic mass is 10.1. The average Bonchev–Trinajstić information content (AvgIpc) is 2.89. The van der Waals surface area contributed by atoms with E-state index in [-0.39, 0.29) is 11.9 Å². The van der Waals surface area contributed by atoms with Crippen LogP contribution in [0.4, 0.5) is 0 Å². The summed E-state index contributed by atoms with van der Waals surface area (Å²) >= 11 is 7.28. The van der Waals surface area contributed by atoms with Crippen molar-refractivity contribution in [1.82, 2.24) is 5.06 Å². The number of amides is 1. The van der Waals surface area contributed by atoms with E-state index in [9.17, 15) is 10.0 Å². The van der Waals surface area contributed by atoms with E-state index in [2.05, 4.69) is 11.8 Å². The molecule has 1 atom stereocenters. The molecule has 1 unspecified atom stereocenters. The van der Waals surface area contributed by atoms with Crippen molar-refractivity contribution < 1.29 is 10.0 Å². The molecule has 1 aromatic heterocycles. The molecule has 1 aromatic carbocycles. The molecule has 3 nitrogen and oxygen atoms in total. The Bertz CT molecular complexity index is 697. The van der Waals surface area contributed by atoms with E-state index in [0.717, 1.165) is 20.3 Å². The summed E-state index contributed by atoms with van der Waals surface area (Å²) in [5, 5.41) is 10.3. The number of halogens is 1. The lowest BCUT2D eigenvalue weighted by molar-refractivity contribution is -0.172. The summed E-state index contributed by atoms with van der Waals surface area (Å²) in [7, 11) is 0. The number of carbonyl (C=O) groups is 1. The van der Waals surface area contributed by atoms with Gasteiger partial charge in [0.15, 0.2) is 0 Å². The zero-order chi connectivity index (χ0) is 15.4. The van der Waals surface area contributed by atoms with Crippen LogP contribution in [0.2, 0.25) is 4.34 Å². The first kappa shape index (κ1) is 15.6. The van der Waals surface area contributed by atoms with Crippen molar-refractivity contribution in [2.24, 2.45) is 0 Å². The van der Waals surface area contributed by atoms with Crippen LogP contribution in [0.3, 0.4) is 0 Å². The molecule has 0 bridgehead atoms. The zero-order valence-electron chi connectivity index (χ0n) is 11.6. The zero-order valence-corrected chi connectivity index (χ0v) is 13.2. The fraction of sp³-hybridized carbons (Fsp3) is 0.188. The molecule has 0 saturated carbocycles. The number of thiophene rings is 1. The van der Waals surface area contributed by atoms with E-state index in [1.165, 1.54) is 18.3 Å². The van der Waals surface area contributed by atoms with Gasteiger partial charge >= 0.3 is 0 Å². The fourth-order valence-electron chi connectivity index (χ4n) is 1.77. The number of benzene rings is 1. The summed E-state index contributed by atoms with van der Waals surface area (Å²) in [5.41, 5.74) is 1.71. The molecule has 1 heterocycles. The van der Waals surface area contributed by atoms with Gasteiger partial charge in [-0.05, 0) is 36.8 Å². The molecule has 1 amide bonds. The first-order valence-corrected chi connectivity index (χ1v) is 7.53. The van der Waals surface area contributed by atoms with Crippen molar-refractivity contribution in [1.29, 1.82) is 0 Å². The molecule has 2 aromatic rings. The summed E-state index contributed by atoms with van der Waals surface area (Å²) < 4.78 is 0.718. The molecule has 0 radical (unpaired) electrons.